The van der Waals surface area contributed by atoms with Crippen LogP contribution in [0.5, 0.6) is 5.75 Å². The second-order valence-electron chi connectivity index (χ2n) is 7.65. The fraction of sp³-hybridized carbons (Fsp3) is 0.348. The number of nitrogens with zero attached hydrogens (tertiary/aromatic N) is 1. The molecule has 0 bridgehead atoms. The zero-order valence-electron chi connectivity index (χ0n) is 18.7. The van der Waals surface area contributed by atoms with Gasteiger partial charge in [0, 0.05) is 24.3 Å². The molecule has 0 aliphatic carbocycles. The number of ether oxygens (including phenoxy) is 2. The summed E-state index contributed by atoms with van der Waals surface area (Å²) in [4.78, 5) is 36.3. The molecule has 1 amide bonds. The summed E-state index contributed by atoms with van der Waals surface area (Å²) in [6.45, 7) is 3.66. The van der Waals surface area contributed by atoms with Gasteiger partial charge in [0.2, 0.25) is 10.0 Å². The van der Waals surface area contributed by atoms with E-state index in [0.717, 1.165) is 12.8 Å². The smallest absolute Gasteiger partial charge is 0.338 e. The van der Waals surface area contributed by atoms with Crippen molar-refractivity contribution in [2.24, 2.45) is 0 Å². The summed E-state index contributed by atoms with van der Waals surface area (Å²) in [5, 5.41) is 2.61. The predicted octanol–water partition coefficient (Wildman–Crippen LogP) is 2.87. The number of ketones is 1. The predicted molar refractivity (Wildman–Crippen MR) is 121 cm³/mol. The van der Waals surface area contributed by atoms with Gasteiger partial charge >= 0.3 is 5.97 Å². The van der Waals surface area contributed by atoms with Gasteiger partial charge in [0.25, 0.3) is 5.91 Å². The van der Waals surface area contributed by atoms with E-state index >= 15 is 0 Å². The van der Waals surface area contributed by atoms with Crippen molar-refractivity contribution in [2.75, 3.05) is 25.5 Å². The lowest BCUT2D eigenvalue weighted by Gasteiger charge is -2.18. The van der Waals surface area contributed by atoms with Gasteiger partial charge in [0.1, 0.15) is 10.6 Å². The molecule has 2 aromatic rings. The molecule has 1 aliphatic rings. The molecule has 0 radical (unpaired) electrons. The van der Waals surface area contributed by atoms with Crippen molar-refractivity contribution in [1.82, 2.24) is 4.31 Å². The topological polar surface area (TPSA) is 119 Å². The number of anilines is 1. The SMILES string of the molecule is COc1ccc(C(=O)OC(C)C(=O)Nc2ccc(C(C)=O)cc2)cc1S(=O)(=O)N1CCCC1. The van der Waals surface area contributed by atoms with Crippen molar-refractivity contribution in [3.05, 3.63) is 53.6 Å². The van der Waals surface area contributed by atoms with Crippen molar-refractivity contribution in [3.63, 3.8) is 0 Å². The summed E-state index contributed by atoms with van der Waals surface area (Å²) < 4.78 is 37.8. The van der Waals surface area contributed by atoms with Gasteiger partial charge in [-0.3, -0.25) is 9.59 Å². The van der Waals surface area contributed by atoms with Crippen LogP contribution in [0.25, 0.3) is 0 Å². The maximum atomic E-state index is 13.0. The number of esters is 1. The van der Waals surface area contributed by atoms with Crippen LogP contribution >= 0.6 is 0 Å². The maximum Gasteiger partial charge on any atom is 0.338 e. The Balaban J connectivity index is 1.72. The quantitative estimate of drug-likeness (QED) is 0.461. The van der Waals surface area contributed by atoms with Gasteiger partial charge in [-0.1, -0.05) is 0 Å². The number of Topliss-reactive ketones (excluding diaryl/α,β-unsaturated/α-hetero) is 1. The molecule has 1 saturated heterocycles. The van der Waals surface area contributed by atoms with E-state index in [4.69, 9.17) is 9.47 Å². The lowest BCUT2D eigenvalue weighted by molar-refractivity contribution is -0.123. The monoisotopic (exact) mass is 474 g/mol. The molecule has 1 heterocycles. The highest BCUT2D eigenvalue weighted by atomic mass is 32.2. The van der Waals surface area contributed by atoms with Crippen molar-refractivity contribution >= 4 is 33.4 Å². The largest absolute Gasteiger partial charge is 0.495 e. The summed E-state index contributed by atoms with van der Waals surface area (Å²) in [6, 6.07) is 10.3. The van der Waals surface area contributed by atoms with E-state index in [1.807, 2.05) is 0 Å². The minimum atomic E-state index is -3.84. The molecule has 176 valence electrons. The van der Waals surface area contributed by atoms with Gasteiger partial charge in [-0.15, -0.1) is 0 Å². The van der Waals surface area contributed by atoms with E-state index in [1.54, 1.807) is 24.3 Å². The first-order valence-corrected chi connectivity index (χ1v) is 11.9. The van der Waals surface area contributed by atoms with Crippen LogP contribution in [0.2, 0.25) is 0 Å². The zero-order chi connectivity index (χ0) is 24.2. The molecular weight excluding hydrogens is 448 g/mol. The van der Waals surface area contributed by atoms with Crippen LogP contribution in [0, 0.1) is 0 Å². The zero-order valence-corrected chi connectivity index (χ0v) is 19.5. The van der Waals surface area contributed by atoms with Gasteiger partial charge in [0.05, 0.1) is 12.7 Å². The first-order valence-electron chi connectivity index (χ1n) is 10.4. The van der Waals surface area contributed by atoms with Crippen LogP contribution in [-0.4, -0.2) is 56.7 Å². The highest BCUT2D eigenvalue weighted by Crippen LogP contribution is 2.30. The van der Waals surface area contributed by atoms with Gasteiger partial charge in [-0.05, 0) is 69.2 Å². The number of carbonyl (C=O) groups excluding carboxylic acids is 3. The Kier molecular flexibility index (Phi) is 7.50. The summed E-state index contributed by atoms with van der Waals surface area (Å²) in [5.74, 6) is -1.39. The number of carbonyl (C=O) groups is 3. The molecule has 2 aromatic carbocycles. The summed E-state index contributed by atoms with van der Waals surface area (Å²) in [6.07, 6.45) is 0.395. The van der Waals surface area contributed by atoms with Crippen LogP contribution in [0.4, 0.5) is 5.69 Å². The van der Waals surface area contributed by atoms with Gasteiger partial charge < -0.3 is 14.8 Å². The molecule has 1 N–H and O–H groups in total. The van der Waals surface area contributed by atoms with Crippen LogP contribution in [-0.2, 0) is 19.6 Å². The Morgan fingerprint density at radius 1 is 1.00 bits per heavy atom. The third-order valence-electron chi connectivity index (χ3n) is 5.29. The van der Waals surface area contributed by atoms with Crippen molar-refractivity contribution in [2.45, 2.75) is 37.7 Å². The average molecular weight is 475 g/mol. The first kappa shape index (κ1) is 24.4. The number of sulfonamides is 1. The lowest BCUT2D eigenvalue weighted by atomic mass is 10.1. The van der Waals surface area contributed by atoms with Crippen molar-refractivity contribution in [1.29, 1.82) is 0 Å². The highest BCUT2D eigenvalue weighted by molar-refractivity contribution is 7.89. The standard InChI is InChI=1S/C23H26N2O7S/c1-15(26)17-6-9-19(10-7-17)24-22(27)16(2)32-23(28)18-8-11-20(31-3)21(14-18)33(29,30)25-12-4-5-13-25/h6-11,14,16H,4-5,12-13H2,1-3H3,(H,24,27). The van der Waals surface area contributed by atoms with Crippen LogP contribution in [0.1, 0.15) is 47.4 Å². The van der Waals surface area contributed by atoms with E-state index < -0.39 is 28.0 Å². The number of amides is 1. The third-order valence-corrected chi connectivity index (χ3v) is 7.21. The summed E-state index contributed by atoms with van der Waals surface area (Å²) in [7, 11) is -2.48. The van der Waals surface area contributed by atoms with Crippen molar-refractivity contribution in [3.8, 4) is 5.75 Å². The maximum absolute atomic E-state index is 13.0. The second-order valence-corrected chi connectivity index (χ2v) is 9.55. The second kappa shape index (κ2) is 10.1. The normalized spacial score (nSPS) is 15.0. The van der Waals surface area contributed by atoms with Gasteiger partial charge in [-0.2, -0.15) is 4.31 Å². The summed E-state index contributed by atoms with van der Waals surface area (Å²) in [5.41, 5.74) is 0.932. The Morgan fingerprint density at radius 2 is 1.61 bits per heavy atom. The number of rotatable bonds is 8. The minimum absolute atomic E-state index is 0.0148. The molecule has 0 aromatic heterocycles. The molecule has 9 nitrogen and oxygen atoms in total. The Bertz CT molecular complexity index is 1150. The van der Waals surface area contributed by atoms with Crippen LogP contribution < -0.4 is 10.1 Å². The van der Waals surface area contributed by atoms with Crippen LogP contribution in [0.15, 0.2) is 47.4 Å². The first-order chi connectivity index (χ1) is 15.6. The molecule has 3 rings (SSSR count). The van der Waals surface area contributed by atoms with E-state index in [9.17, 15) is 22.8 Å². The number of benzene rings is 2. The van der Waals surface area contributed by atoms with Crippen LogP contribution in [0.3, 0.4) is 0 Å². The fourth-order valence-electron chi connectivity index (χ4n) is 3.39. The van der Waals surface area contributed by atoms with Crippen molar-refractivity contribution < 1.29 is 32.3 Å². The third kappa shape index (κ3) is 5.58. The Labute approximate surface area is 192 Å². The van der Waals surface area contributed by atoms with E-state index in [-0.39, 0.29) is 22.0 Å². The fourth-order valence-corrected chi connectivity index (χ4v) is 5.09. The van der Waals surface area contributed by atoms with E-state index in [2.05, 4.69) is 5.32 Å². The number of hydrogen-bond donors (Lipinski definition) is 1. The molecule has 0 saturated carbocycles. The summed E-state index contributed by atoms with van der Waals surface area (Å²) >= 11 is 0. The van der Waals surface area contributed by atoms with E-state index in [0.29, 0.717) is 24.3 Å². The number of hydrogen-bond acceptors (Lipinski definition) is 7. The molecular formula is C23H26N2O7S. The minimum Gasteiger partial charge on any atom is -0.495 e. The molecule has 1 aliphatic heterocycles. The van der Waals surface area contributed by atoms with Gasteiger partial charge in [-0.25, -0.2) is 13.2 Å². The molecule has 0 spiro atoms. The highest BCUT2D eigenvalue weighted by Gasteiger charge is 2.31. The molecule has 1 fully saturated rings. The number of nitrogens with one attached hydrogen (secondary N) is 1. The van der Waals surface area contributed by atoms with E-state index in [1.165, 1.54) is 43.5 Å². The number of methoxy groups -OCH3 is 1. The Morgan fingerprint density at radius 3 is 2.18 bits per heavy atom. The van der Waals surface area contributed by atoms with Gasteiger partial charge in [0.15, 0.2) is 11.9 Å². The molecule has 33 heavy (non-hydrogen) atoms. The molecule has 1 unspecified atom stereocenters. The lowest BCUT2D eigenvalue weighted by Crippen LogP contribution is -2.30. The molecule has 10 heteroatoms. The molecule has 1 atom stereocenters. The Hall–Kier alpha value is -3.24. The average Bonchev–Trinajstić information content (AvgIpc) is 3.35.